The molecule has 0 aliphatic heterocycles. The highest BCUT2D eigenvalue weighted by Gasteiger charge is 2.16. The number of halogens is 1. The van der Waals surface area contributed by atoms with Crippen LogP contribution in [0.25, 0.3) is 55.7 Å². The molecule has 37 heavy (non-hydrogen) atoms. The highest BCUT2D eigenvalue weighted by molar-refractivity contribution is 6.00. The maximum Gasteiger partial charge on any atom is 0.135 e. The van der Waals surface area contributed by atoms with Gasteiger partial charge in [-0.05, 0) is 62.1 Å². The third-order valence-electron chi connectivity index (χ3n) is 6.17. The summed E-state index contributed by atoms with van der Waals surface area (Å²) in [6.07, 6.45) is 6.98. The number of fused-ring (bicyclic) bond motifs is 2. The van der Waals surface area contributed by atoms with E-state index in [1.165, 1.54) is 12.1 Å². The molecule has 6 rings (SSSR count). The van der Waals surface area contributed by atoms with Crippen molar-refractivity contribution in [3.8, 4) is 39.5 Å². The molecule has 8 nitrogen and oxygen atoms in total. The molecule has 5 heterocycles. The lowest BCUT2D eigenvalue weighted by Gasteiger charge is -2.12. The Bertz CT molecular complexity index is 1710. The van der Waals surface area contributed by atoms with E-state index in [0.29, 0.717) is 23.6 Å². The lowest BCUT2D eigenvalue weighted by Crippen LogP contribution is -2.19. The summed E-state index contributed by atoms with van der Waals surface area (Å²) in [7, 11) is 3.93. The molecule has 184 valence electrons. The molecule has 0 atom stereocenters. The van der Waals surface area contributed by atoms with Crippen LogP contribution in [0, 0.1) is 5.82 Å². The van der Waals surface area contributed by atoms with Gasteiger partial charge in [-0.3, -0.25) is 15.1 Å². The molecule has 6 aromatic rings. The minimum atomic E-state index is -0.365. The van der Waals surface area contributed by atoms with E-state index < -0.39 is 0 Å². The molecule has 0 saturated heterocycles. The molecule has 0 amide bonds. The van der Waals surface area contributed by atoms with Crippen LogP contribution in [0.3, 0.4) is 0 Å². The van der Waals surface area contributed by atoms with Gasteiger partial charge in [0.2, 0.25) is 0 Å². The van der Waals surface area contributed by atoms with Crippen LogP contribution < -0.4 is 4.74 Å². The molecule has 0 fully saturated rings. The number of hydrogen-bond donors (Lipinski definition) is 2. The summed E-state index contributed by atoms with van der Waals surface area (Å²) < 4.78 is 20.3. The average molecular weight is 494 g/mol. The highest BCUT2D eigenvalue weighted by Crippen LogP contribution is 2.35. The van der Waals surface area contributed by atoms with Gasteiger partial charge < -0.3 is 14.6 Å². The first-order valence-corrected chi connectivity index (χ1v) is 11.9. The largest absolute Gasteiger partial charge is 0.492 e. The van der Waals surface area contributed by atoms with Gasteiger partial charge in [0.1, 0.15) is 29.4 Å². The van der Waals surface area contributed by atoms with Gasteiger partial charge in [0, 0.05) is 47.7 Å². The Kier molecular flexibility index (Phi) is 5.82. The third kappa shape index (κ3) is 4.52. The Morgan fingerprint density at radius 3 is 2.62 bits per heavy atom. The van der Waals surface area contributed by atoms with Crippen LogP contribution in [0.5, 0.6) is 5.75 Å². The van der Waals surface area contributed by atoms with Gasteiger partial charge in [-0.25, -0.2) is 9.37 Å². The van der Waals surface area contributed by atoms with Gasteiger partial charge in [-0.1, -0.05) is 0 Å². The zero-order chi connectivity index (χ0) is 25.4. The molecule has 0 saturated carbocycles. The van der Waals surface area contributed by atoms with Gasteiger partial charge in [0.05, 0.1) is 28.6 Å². The normalized spacial score (nSPS) is 11.6. The summed E-state index contributed by atoms with van der Waals surface area (Å²) >= 11 is 0. The lowest BCUT2D eigenvalue weighted by molar-refractivity contribution is 0.260. The van der Waals surface area contributed by atoms with Gasteiger partial charge in [0.15, 0.2) is 0 Å². The Balaban J connectivity index is 1.41. The van der Waals surface area contributed by atoms with Crippen molar-refractivity contribution in [3.63, 3.8) is 0 Å². The van der Waals surface area contributed by atoms with Crippen LogP contribution in [0.4, 0.5) is 4.39 Å². The molecule has 5 aromatic heterocycles. The number of nitrogens with one attached hydrogen (secondary N) is 2. The van der Waals surface area contributed by atoms with E-state index in [9.17, 15) is 4.39 Å². The van der Waals surface area contributed by atoms with E-state index in [2.05, 4.69) is 25.1 Å². The Labute approximate surface area is 212 Å². The molecule has 0 aliphatic carbocycles. The number of ether oxygens (including phenoxy) is 1. The van der Waals surface area contributed by atoms with Gasteiger partial charge in [-0.15, -0.1) is 0 Å². The molecular weight excluding hydrogens is 469 g/mol. The molecule has 0 radical (unpaired) electrons. The number of pyridine rings is 3. The predicted octanol–water partition coefficient (Wildman–Crippen LogP) is 5.31. The Hall–Kier alpha value is -4.63. The van der Waals surface area contributed by atoms with Crippen LogP contribution in [-0.4, -0.2) is 62.3 Å². The summed E-state index contributed by atoms with van der Waals surface area (Å²) in [5, 5.41) is 8.51. The number of H-pyrrole nitrogens is 2. The van der Waals surface area contributed by atoms with Crippen LogP contribution in [0.15, 0.2) is 73.3 Å². The fourth-order valence-corrected chi connectivity index (χ4v) is 4.33. The third-order valence-corrected chi connectivity index (χ3v) is 6.17. The highest BCUT2D eigenvalue weighted by atomic mass is 19.1. The van der Waals surface area contributed by atoms with E-state index in [1.54, 1.807) is 24.8 Å². The zero-order valence-electron chi connectivity index (χ0n) is 20.4. The maximum absolute atomic E-state index is 14.5. The van der Waals surface area contributed by atoms with Gasteiger partial charge in [0.25, 0.3) is 0 Å². The standard InChI is InChI=1S/C28H24FN7O/c1-36(2)9-10-37-20-12-18(11-19(29)13-20)22-15-31-16-26-21(22)14-25(32-26)28-27-24(34-35-28)4-3-23(33-27)17-5-7-30-8-6-17/h3-8,11-16,32H,9-10H2,1-2H3,(H,34,35). The topological polar surface area (TPSA) is 95.6 Å². The predicted molar refractivity (Wildman–Crippen MR) is 142 cm³/mol. The number of aromatic nitrogens is 6. The molecule has 1 aromatic carbocycles. The fourth-order valence-electron chi connectivity index (χ4n) is 4.33. The minimum absolute atomic E-state index is 0.365. The summed E-state index contributed by atoms with van der Waals surface area (Å²) in [6.45, 7) is 1.20. The van der Waals surface area contributed by atoms with Crippen molar-refractivity contribution in [1.82, 2.24) is 35.0 Å². The van der Waals surface area contributed by atoms with Crippen LogP contribution in [-0.2, 0) is 0 Å². The Morgan fingerprint density at radius 1 is 0.919 bits per heavy atom. The summed E-state index contributed by atoms with van der Waals surface area (Å²) in [5.41, 5.74) is 7.16. The van der Waals surface area contributed by atoms with E-state index >= 15 is 0 Å². The van der Waals surface area contributed by atoms with Crippen molar-refractivity contribution in [2.24, 2.45) is 0 Å². The zero-order valence-corrected chi connectivity index (χ0v) is 20.4. The van der Waals surface area contributed by atoms with Crippen molar-refractivity contribution in [1.29, 1.82) is 0 Å². The Morgan fingerprint density at radius 2 is 1.78 bits per heavy atom. The summed E-state index contributed by atoms with van der Waals surface area (Å²) in [4.78, 5) is 18.8. The SMILES string of the molecule is CN(C)CCOc1cc(F)cc(-c2cncc3[nH]c(-c4n[nH]c5ccc(-c6ccncc6)nc45)cc23)c1. The number of rotatable bonds is 7. The van der Waals surface area contributed by atoms with Crippen molar-refractivity contribution < 1.29 is 9.13 Å². The second-order valence-electron chi connectivity index (χ2n) is 9.06. The van der Waals surface area contributed by atoms with E-state index in [0.717, 1.165) is 51.0 Å². The second-order valence-corrected chi connectivity index (χ2v) is 9.06. The van der Waals surface area contributed by atoms with Crippen LogP contribution in [0.1, 0.15) is 0 Å². The number of benzene rings is 1. The molecule has 0 spiro atoms. The second kappa shape index (κ2) is 9.44. The van der Waals surface area contributed by atoms with Crippen molar-refractivity contribution in [2.45, 2.75) is 0 Å². The first kappa shape index (κ1) is 22.8. The van der Waals surface area contributed by atoms with Gasteiger partial charge in [-0.2, -0.15) is 5.10 Å². The van der Waals surface area contributed by atoms with Crippen molar-refractivity contribution in [2.75, 3.05) is 27.2 Å². The number of nitrogens with zero attached hydrogens (tertiary/aromatic N) is 5. The smallest absolute Gasteiger partial charge is 0.135 e. The molecule has 0 unspecified atom stereocenters. The molecule has 0 bridgehead atoms. The molecule has 0 aliphatic rings. The maximum atomic E-state index is 14.5. The number of likely N-dealkylation sites (N-methyl/N-ethyl adjacent to an activating group) is 1. The average Bonchev–Trinajstić information content (AvgIpc) is 3.52. The number of hydrogen-bond acceptors (Lipinski definition) is 6. The molecule has 9 heteroatoms. The number of aromatic amines is 2. The summed E-state index contributed by atoms with van der Waals surface area (Å²) in [6, 6.07) is 14.5. The lowest BCUT2D eigenvalue weighted by atomic mass is 10.0. The van der Waals surface area contributed by atoms with Gasteiger partial charge >= 0.3 is 0 Å². The van der Waals surface area contributed by atoms with E-state index in [-0.39, 0.29) is 5.82 Å². The molecular formula is C28H24FN7O. The van der Waals surface area contributed by atoms with Crippen molar-refractivity contribution >= 4 is 21.9 Å². The summed E-state index contributed by atoms with van der Waals surface area (Å²) in [5.74, 6) is 0.118. The first-order chi connectivity index (χ1) is 18.0. The molecule has 2 N–H and O–H groups in total. The minimum Gasteiger partial charge on any atom is -0.492 e. The van der Waals surface area contributed by atoms with Crippen molar-refractivity contribution in [3.05, 3.63) is 79.1 Å². The van der Waals surface area contributed by atoms with E-state index in [1.807, 2.05) is 55.4 Å². The van der Waals surface area contributed by atoms with E-state index in [4.69, 9.17) is 9.72 Å². The quantitative estimate of drug-likeness (QED) is 0.313. The van der Waals surface area contributed by atoms with Crippen LogP contribution in [0.2, 0.25) is 0 Å². The fraction of sp³-hybridized carbons (Fsp3) is 0.143. The first-order valence-electron chi connectivity index (χ1n) is 11.9. The van der Waals surface area contributed by atoms with Crippen LogP contribution >= 0.6 is 0 Å². The monoisotopic (exact) mass is 493 g/mol.